The number of rotatable bonds is 4. The third-order valence-corrected chi connectivity index (χ3v) is 4.82. The molecule has 0 bridgehead atoms. The first-order valence-electron chi connectivity index (χ1n) is 6.41. The first kappa shape index (κ1) is 13.8. The first-order valence-corrected chi connectivity index (χ1v) is 7.46. The SMILES string of the molecule is OC(CSC1CCCCC1)c1ccc(F)c(F)c1. The standard InChI is InChI=1S/C14H18F2OS/c15-12-7-6-10(8-13(12)16)14(17)9-18-11-4-2-1-3-5-11/h6-8,11,14,17H,1-5,9H2. The summed E-state index contributed by atoms with van der Waals surface area (Å²) in [6, 6.07) is 3.60. The van der Waals surface area contributed by atoms with Gasteiger partial charge < -0.3 is 5.11 Å². The molecule has 1 aromatic carbocycles. The van der Waals surface area contributed by atoms with Crippen molar-refractivity contribution in [2.75, 3.05) is 5.75 Å². The maximum atomic E-state index is 13.0. The fourth-order valence-corrected chi connectivity index (χ4v) is 3.59. The third-order valence-electron chi connectivity index (χ3n) is 3.37. The van der Waals surface area contributed by atoms with E-state index in [2.05, 4.69) is 0 Å². The summed E-state index contributed by atoms with van der Waals surface area (Å²) in [5.74, 6) is -1.21. The van der Waals surface area contributed by atoms with Crippen LogP contribution in [0.25, 0.3) is 0 Å². The highest BCUT2D eigenvalue weighted by Gasteiger charge is 2.17. The molecule has 4 heteroatoms. The molecule has 1 nitrogen and oxygen atoms in total. The molecule has 100 valence electrons. The van der Waals surface area contributed by atoms with Crippen LogP contribution < -0.4 is 0 Å². The van der Waals surface area contributed by atoms with Crippen LogP contribution in [0.15, 0.2) is 18.2 Å². The molecule has 1 aromatic rings. The van der Waals surface area contributed by atoms with Crippen molar-refractivity contribution in [2.24, 2.45) is 0 Å². The molecular weight excluding hydrogens is 254 g/mol. The van der Waals surface area contributed by atoms with Crippen LogP contribution in [0.3, 0.4) is 0 Å². The maximum Gasteiger partial charge on any atom is 0.159 e. The highest BCUT2D eigenvalue weighted by Crippen LogP contribution is 2.31. The summed E-state index contributed by atoms with van der Waals surface area (Å²) < 4.78 is 25.8. The summed E-state index contributed by atoms with van der Waals surface area (Å²) in [7, 11) is 0. The van der Waals surface area contributed by atoms with Crippen molar-refractivity contribution in [3.63, 3.8) is 0 Å². The number of benzene rings is 1. The van der Waals surface area contributed by atoms with Gasteiger partial charge in [-0.15, -0.1) is 0 Å². The molecule has 0 amide bonds. The number of thioether (sulfide) groups is 1. The van der Waals surface area contributed by atoms with E-state index in [1.807, 2.05) is 0 Å². The number of hydrogen-bond donors (Lipinski definition) is 1. The average molecular weight is 272 g/mol. The van der Waals surface area contributed by atoms with Gasteiger partial charge in [-0.2, -0.15) is 11.8 Å². The molecular formula is C14H18F2OS. The second-order valence-electron chi connectivity index (χ2n) is 4.78. The van der Waals surface area contributed by atoms with Gasteiger partial charge in [0.05, 0.1) is 6.10 Å². The van der Waals surface area contributed by atoms with Crippen LogP contribution in [0.4, 0.5) is 8.78 Å². The Balaban J connectivity index is 1.86. The topological polar surface area (TPSA) is 20.2 Å². The molecule has 1 fully saturated rings. The van der Waals surface area contributed by atoms with E-state index in [0.717, 1.165) is 12.1 Å². The highest BCUT2D eigenvalue weighted by molar-refractivity contribution is 7.99. The maximum absolute atomic E-state index is 13.0. The molecule has 0 heterocycles. The molecule has 0 aliphatic heterocycles. The fraction of sp³-hybridized carbons (Fsp3) is 0.571. The fourth-order valence-electron chi connectivity index (χ4n) is 2.27. The molecule has 18 heavy (non-hydrogen) atoms. The predicted molar refractivity (Wildman–Crippen MR) is 70.6 cm³/mol. The molecule has 1 unspecified atom stereocenters. The Morgan fingerprint density at radius 1 is 1.17 bits per heavy atom. The molecule has 1 aliphatic rings. The molecule has 2 rings (SSSR count). The summed E-state index contributed by atoms with van der Waals surface area (Å²) in [4.78, 5) is 0. The number of aliphatic hydroxyl groups is 1. The molecule has 0 saturated heterocycles. The van der Waals surface area contributed by atoms with Gasteiger partial charge in [0, 0.05) is 11.0 Å². The first-order chi connectivity index (χ1) is 8.66. The molecule has 1 aliphatic carbocycles. The van der Waals surface area contributed by atoms with Gasteiger partial charge in [0.25, 0.3) is 0 Å². The number of halogens is 2. The zero-order chi connectivity index (χ0) is 13.0. The lowest BCUT2D eigenvalue weighted by Gasteiger charge is -2.22. The van der Waals surface area contributed by atoms with Gasteiger partial charge in [-0.3, -0.25) is 0 Å². The van der Waals surface area contributed by atoms with E-state index in [9.17, 15) is 13.9 Å². The van der Waals surface area contributed by atoms with Gasteiger partial charge in [0.15, 0.2) is 11.6 Å². The van der Waals surface area contributed by atoms with Crippen LogP contribution in [0.2, 0.25) is 0 Å². The largest absolute Gasteiger partial charge is 0.388 e. The molecule has 0 aromatic heterocycles. The lowest BCUT2D eigenvalue weighted by molar-refractivity contribution is 0.203. The van der Waals surface area contributed by atoms with E-state index < -0.39 is 17.7 Å². The third kappa shape index (κ3) is 3.69. The van der Waals surface area contributed by atoms with Crippen molar-refractivity contribution in [1.82, 2.24) is 0 Å². The van der Waals surface area contributed by atoms with Crippen molar-refractivity contribution in [3.05, 3.63) is 35.4 Å². The van der Waals surface area contributed by atoms with Gasteiger partial charge in [-0.1, -0.05) is 25.3 Å². The summed E-state index contributed by atoms with van der Waals surface area (Å²) in [5, 5.41) is 10.6. The van der Waals surface area contributed by atoms with Gasteiger partial charge in [0.1, 0.15) is 0 Å². The van der Waals surface area contributed by atoms with E-state index in [1.165, 1.54) is 38.2 Å². The van der Waals surface area contributed by atoms with Crippen LogP contribution in [0, 0.1) is 11.6 Å². The second-order valence-corrected chi connectivity index (χ2v) is 6.12. The minimum absolute atomic E-state index is 0.456. The Morgan fingerprint density at radius 2 is 1.89 bits per heavy atom. The molecule has 0 spiro atoms. The van der Waals surface area contributed by atoms with E-state index in [1.54, 1.807) is 11.8 Å². The van der Waals surface area contributed by atoms with Crippen molar-refractivity contribution >= 4 is 11.8 Å². The monoisotopic (exact) mass is 272 g/mol. The number of aliphatic hydroxyl groups excluding tert-OH is 1. The Bertz CT molecular complexity index is 391. The molecule has 1 saturated carbocycles. The minimum atomic E-state index is -0.894. The Kier molecular flexibility index (Phi) is 5.01. The summed E-state index contributed by atoms with van der Waals surface area (Å²) >= 11 is 1.74. The second kappa shape index (κ2) is 6.53. The van der Waals surface area contributed by atoms with E-state index >= 15 is 0 Å². The van der Waals surface area contributed by atoms with Gasteiger partial charge in [-0.25, -0.2) is 8.78 Å². The Morgan fingerprint density at radius 3 is 2.56 bits per heavy atom. The smallest absolute Gasteiger partial charge is 0.159 e. The minimum Gasteiger partial charge on any atom is -0.388 e. The van der Waals surface area contributed by atoms with Crippen molar-refractivity contribution < 1.29 is 13.9 Å². The quantitative estimate of drug-likeness (QED) is 0.891. The lowest BCUT2D eigenvalue weighted by atomic mass is 10.0. The van der Waals surface area contributed by atoms with Crippen molar-refractivity contribution in [1.29, 1.82) is 0 Å². The van der Waals surface area contributed by atoms with Gasteiger partial charge in [-0.05, 0) is 30.5 Å². The number of hydrogen-bond acceptors (Lipinski definition) is 2. The highest BCUT2D eigenvalue weighted by atomic mass is 32.2. The van der Waals surface area contributed by atoms with E-state index in [4.69, 9.17) is 0 Å². The molecule has 1 N–H and O–H groups in total. The summed E-state index contributed by atoms with van der Waals surface area (Å²) in [5.41, 5.74) is 0.456. The zero-order valence-electron chi connectivity index (χ0n) is 10.2. The summed E-state index contributed by atoms with van der Waals surface area (Å²) in [6.45, 7) is 0. The van der Waals surface area contributed by atoms with Crippen molar-refractivity contribution in [2.45, 2.75) is 43.5 Å². The Hall–Kier alpha value is -0.610. The van der Waals surface area contributed by atoms with Crippen LogP contribution in [-0.4, -0.2) is 16.1 Å². The lowest BCUT2D eigenvalue weighted by Crippen LogP contribution is -2.11. The molecule has 1 atom stereocenters. The molecule has 0 radical (unpaired) electrons. The predicted octanol–water partition coefficient (Wildman–Crippen LogP) is 4.06. The summed E-state index contributed by atoms with van der Waals surface area (Å²) in [6.07, 6.45) is 5.53. The van der Waals surface area contributed by atoms with Crippen molar-refractivity contribution in [3.8, 4) is 0 Å². The van der Waals surface area contributed by atoms with E-state index in [-0.39, 0.29) is 0 Å². The van der Waals surface area contributed by atoms with Gasteiger partial charge in [0.2, 0.25) is 0 Å². The Labute approximate surface area is 111 Å². The van der Waals surface area contributed by atoms with Crippen LogP contribution in [-0.2, 0) is 0 Å². The van der Waals surface area contributed by atoms with Crippen LogP contribution in [0.1, 0.15) is 43.8 Å². The van der Waals surface area contributed by atoms with Crippen LogP contribution >= 0.6 is 11.8 Å². The zero-order valence-corrected chi connectivity index (χ0v) is 11.1. The van der Waals surface area contributed by atoms with Crippen LogP contribution in [0.5, 0.6) is 0 Å². The average Bonchev–Trinajstić information content (AvgIpc) is 2.40. The normalized spacial score (nSPS) is 18.8. The van der Waals surface area contributed by atoms with Gasteiger partial charge >= 0.3 is 0 Å². The van der Waals surface area contributed by atoms with E-state index in [0.29, 0.717) is 16.6 Å².